The molecule has 0 spiro atoms. The molecule has 6 nitrogen and oxygen atoms in total. The molecule has 1 aliphatic rings. The van der Waals surface area contributed by atoms with E-state index in [1.165, 1.54) is 31.0 Å². The molecular weight excluding hydrogens is 357 g/mol. The number of hydrogen-bond donors (Lipinski definition) is 2. The van der Waals surface area contributed by atoms with Gasteiger partial charge in [0.15, 0.2) is 5.16 Å². The van der Waals surface area contributed by atoms with Crippen molar-refractivity contribution in [3.05, 3.63) is 62.8 Å². The minimum Gasteiger partial charge on any atom is -0.466 e. The van der Waals surface area contributed by atoms with Crippen LogP contribution in [0.3, 0.4) is 0 Å². The molecule has 1 atom stereocenters. The topological polar surface area (TPSA) is 84.1 Å². The van der Waals surface area contributed by atoms with Gasteiger partial charge in [0.1, 0.15) is 11.6 Å². The highest BCUT2D eigenvalue weighted by Gasteiger charge is 2.36. The summed E-state index contributed by atoms with van der Waals surface area (Å²) < 4.78 is 18.3. The zero-order valence-electron chi connectivity index (χ0n) is 14.6. The lowest BCUT2D eigenvalue weighted by Crippen LogP contribution is -2.31. The van der Waals surface area contributed by atoms with E-state index in [1.807, 2.05) is 6.92 Å². The van der Waals surface area contributed by atoms with Crippen molar-refractivity contribution in [1.29, 1.82) is 0 Å². The number of aromatic nitrogens is 2. The summed E-state index contributed by atoms with van der Waals surface area (Å²) in [7, 11) is 1.28. The Hall–Kier alpha value is -2.61. The Kier molecular flexibility index (Phi) is 5.13. The Balaban J connectivity index is 2.25. The maximum atomic E-state index is 13.4. The van der Waals surface area contributed by atoms with Crippen LogP contribution in [0.15, 0.2) is 45.5 Å². The number of nitrogens with zero attached hydrogens (tertiary/aromatic N) is 1. The Bertz CT molecular complexity index is 938. The van der Waals surface area contributed by atoms with Gasteiger partial charge in [-0.05, 0) is 30.4 Å². The summed E-state index contributed by atoms with van der Waals surface area (Å²) in [4.78, 5) is 32.4. The second-order valence-corrected chi connectivity index (χ2v) is 6.96. The van der Waals surface area contributed by atoms with Crippen LogP contribution in [0, 0.1) is 5.82 Å². The molecule has 0 aliphatic carbocycles. The minimum atomic E-state index is -0.698. The summed E-state index contributed by atoms with van der Waals surface area (Å²) in [6.07, 6.45) is 0. The molecule has 1 aromatic heterocycles. The SMILES string of the molecule is CCSc1nc2c(c(=O)[nH]1)C(c1ccc(F)cc1)C(C(=O)OC)=C(C)N2. The number of allylic oxidation sites excluding steroid dienone is 1. The van der Waals surface area contributed by atoms with E-state index in [1.54, 1.807) is 19.1 Å². The van der Waals surface area contributed by atoms with E-state index in [4.69, 9.17) is 4.74 Å². The van der Waals surface area contributed by atoms with Gasteiger partial charge in [0.25, 0.3) is 5.56 Å². The van der Waals surface area contributed by atoms with Crippen LogP contribution in [0.25, 0.3) is 0 Å². The Labute approximate surface area is 153 Å². The molecule has 1 aromatic carbocycles. The van der Waals surface area contributed by atoms with Crippen LogP contribution in [0.1, 0.15) is 30.9 Å². The smallest absolute Gasteiger partial charge is 0.336 e. The number of rotatable bonds is 4. The van der Waals surface area contributed by atoms with E-state index in [0.717, 1.165) is 5.75 Å². The normalized spacial score (nSPS) is 16.1. The largest absolute Gasteiger partial charge is 0.466 e. The van der Waals surface area contributed by atoms with Gasteiger partial charge >= 0.3 is 5.97 Å². The molecule has 0 saturated carbocycles. The van der Waals surface area contributed by atoms with E-state index in [2.05, 4.69) is 15.3 Å². The highest BCUT2D eigenvalue weighted by atomic mass is 32.2. The van der Waals surface area contributed by atoms with Gasteiger partial charge in [-0.3, -0.25) is 4.79 Å². The second kappa shape index (κ2) is 7.33. The van der Waals surface area contributed by atoms with Gasteiger partial charge in [0.05, 0.1) is 24.2 Å². The standard InChI is InChI=1S/C18H18FN3O3S/c1-4-26-18-21-15-14(16(23)22-18)13(10-5-7-11(19)8-6-10)12(9(2)20-15)17(24)25-3/h5-8,13H,4H2,1-3H3,(H2,20,21,22,23). The molecule has 0 amide bonds. The fraction of sp³-hybridized carbons (Fsp3) is 0.278. The zero-order valence-corrected chi connectivity index (χ0v) is 15.4. The van der Waals surface area contributed by atoms with Crippen molar-refractivity contribution in [3.63, 3.8) is 0 Å². The minimum absolute atomic E-state index is 0.301. The molecule has 2 heterocycles. The average molecular weight is 375 g/mol. The first-order valence-electron chi connectivity index (χ1n) is 8.04. The van der Waals surface area contributed by atoms with Gasteiger partial charge in [-0.2, -0.15) is 0 Å². The van der Waals surface area contributed by atoms with Crippen molar-refractivity contribution in [1.82, 2.24) is 9.97 Å². The number of anilines is 1. The number of fused-ring (bicyclic) bond motifs is 1. The number of carbonyl (C=O) groups excluding carboxylic acids is 1. The fourth-order valence-electron chi connectivity index (χ4n) is 3.01. The van der Waals surface area contributed by atoms with Gasteiger partial charge in [-0.25, -0.2) is 14.2 Å². The van der Waals surface area contributed by atoms with Crippen LogP contribution in [0.4, 0.5) is 10.2 Å². The summed E-state index contributed by atoms with van der Waals surface area (Å²) >= 11 is 1.41. The van der Waals surface area contributed by atoms with Crippen molar-refractivity contribution in [2.45, 2.75) is 24.9 Å². The van der Waals surface area contributed by atoms with Crippen LogP contribution < -0.4 is 10.9 Å². The first kappa shape index (κ1) is 18.2. The molecule has 1 unspecified atom stereocenters. The van der Waals surface area contributed by atoms with Gasteiger partial charge in [0.2, 0.25) is 0 Å². The van der Waals surface area contributed by atoms with Gasteiger partial charge in [-0.1, -0.05) is 30.8 Å². The average Bonchev–Trinajstić information content (AvgIpc) is 2.61. The van der Waals surface area contributed by atoms with E-state index in [9.17, 15) is 14.0 Å². The third-order valence-electron chi connectivity index (χ3n) is 4.11. The summed E-state index contributed by atoms with van der Waals surface area (Å²) in [5.41, 5.74) is 1.42. The molecule has 0 saturated heterocycles. The Morgan fingerprint density at radius 1 is 1.35 bits per heavy atom. The molecule has 2 aromatic rings. The summed E-state index contributed by atoms with van der Waals surface area (Å²) in [6, 6.07) is 5.70. The van der Waals surface area contributed by atoms with Gasteiger partial charge in [0, 0.05) is 5.70 Å². The number of nitrogens with one attached hydrogen (secondary N) is 2. The molecule has 2 N–H and O–H groups in total. The highest BCUT2D eigenvalue weighted by Crippen LogP contribution is 2.39. The van der Waals surface area contributed by atoms with Crippen LogP contribution in [-0.2, 0) is 9.53 Å². The number of methoxy groups -OCH3 is 1. The molecule has 0 bridgehead atoms. The summed E-state index contributed by atoms with van der Waals surface area (Å²) in [5.74, 6) is -0.502. The van der Waals surface area contributed by atoms with Crippen molar-refractivity contribution < 1.29 is 13.9 Å². The number of thioether (sulfide) groups is 1. The van der Waals surface area contributed by atoms with Crippen molar-refractivity contribution in [3.8, 4) is 0 Å². The highest BCUT2D eigenvalue weighted by molar-refractivity contribution is 7.99. The van der Waals surface area contributed by atoms with Crippen molar-refractivity contribution in [2.75, 3.05) is 18.2 Å². The van der Waals surface area contributed by atoms with Crippen LogP contribution in [0.5, 0.6) is 0 Å². The Morgan fingerprint density at radius 2 is 2.04 bits per heavy atom. The lowest BCUT2D eigenvalue weighted by molar-refractivity contribution is -0.136. The number of aromatic amines is 1. The first-order valence-corrected chi connectivity index (χ1v) is 9.03. The molecule has 26 heavy (non-hydrogen) atoms. The van der Waals surface area contributed by atoms with Gasteiger partial charge in [-0.15, -0.1) is 0 Å². The molecule has 0 fully saturated rings. The predicted octanol–water partition coefficient (Wildman–Crippen LogP) is 3.03. The first-order chi connectivity index (χ1) is 12.5. The second-order valence-electron chi connectivity index (χ2n) is 5.71. The Morgan fingerprint density at radius 3 is 2.65 bits per heavy atom. The lowest BCUT2D eigenvalue weighted by atomic mass is 9.82. The molecule has 136 valence electrons. The molecule has 3 rings (SSSR count). The summed E-state index contributed by atoms with van der Waals surface area (Å²) in [5, 5.41) is 3.53. The van der Waals surface area contributed by atoms with E-state index < -0.39 is 17.7 Å². The number of halogens is 1. The van der Waals surface area contributed by atoms with E-state index >= 15 is 0 Å². The van der Waals surface area contributed by atoms with Crippen molar-refractivity contribution in [2.24, 2.45) is 0 Å². The predicted molar refractivity (Wildman–Crippen MR) is 97.8 cm³/mol. The number of carbonyl (C=O) groups is 1. The number of ether oxygens (including phenoxy) is 1. The molecular formula is C18H18FN3O3S. The maximum Gasteiger partial charge on any atom is 0.336 e. The monoisotopic (exact) mass is 375 g/mol. The van der Waals surface area contributed by atoms with E-state index in [-0.39, 0.29) is 5.56 Å². The quantitative estimate of drug-likeness (QED) is 0.485. The van der Waals surface area contributed by atoms with Gasteiger partial charge < -0.3 is 15.0 Å². The summed E-state index contributed by atoms with van der Waals surface area (Å²) in [6.45, 7) is 3.68. The molecule has 1 aliphatic heterocycles. The third-order valence-corrected chi connectivity index (χ3v) is 4.87. The third kappa shape index (κ3) is 3.24. The lowest BCUT2D eigenvalue weighted by Gasteiger charge is -2.28. The van der Waals surface area contributed by atoms with Crippen LogP contribution in [0.2, 0.25) is 0 Å². The number of esters is 1. The zero-order chi connectivity index (χ0) is 18.8. The molecule has 0 radical (unpaired) electrons. The van der Waals surface area contributed by atoms with Crippen LogP contribution >= 0.6 is 11.8 Å². The van der Waals surface area contributed by atoms with E-state index in [0.29, 0.717) is 33.4 Å². The maximum absolute atomic E-state index is 13.4. The number of benzene rings is 1. The fourth-order valence-corrected chi connectivity index (χ4v) is 3.60. The molecule has 8 heteroatoms. The number of H-pyrrole nitrogens is 1. The number of hydrogen-bond acceptors (Lipinski definition) is 6. The van der Waals surface area contributed by atoms with Crippen LogP contribution in [-0.4, -0.2) is 28.8 Å². The van der Waals surface area contributed by atoms with Crippen molar-refractivity contribution >= 4 is 23.5 Å².